The van der Waals surface area contributed by atoms with Gasteiger partial charge in [0.25, 0.3) is 11.8 Å². The first-order valence-electron chi connectivity index (χ1n) is 8.61. The molecule has 2 aromatic carbocycles. The summed E-state index contributed by atoms with van der Waals surface area (Å²) in [6.45, 7) is 0. The number of aromatic hydroxyl groups is 1. The molecule has 6 nitrogen and oxygen atoms in total. The van der Waals surface area contributed by atoms with Crippen LogP contribution in [0.2, 0.25) is 5.02 Å². The third-order valence-electron chi connectivity index (χ3n) is 4.58. The zero-order valence-corrected chi connectivity index (χ0v) is 18.1. The summed E-state index contributed by atoms with van der Waals surface area (Å²) in [6, 6.07) is 14.4. The SMILES string of the molecule is O=C1N=c2ccccc2=C1c1sc(=S)n(NC(=O)c2sc3ccccc3c2Cl)c1O. The molecule has 148 valence electrons. The zero-order valence-electron chi connectivity index (χ0n) is 14.9. The number of thiazole rings is 1. The molecule has 1 aliphatic rings. The molecule has 0 bridgehead atoms. The minimum absolute atomic E-state index is 0.178. The van der Waals surface area contributed by atoms with E-state index in [4.69, 9.17) is 23.8 Å². The van der Waals surface area contributed by atoms with Crippen molar-refractivity contribution in [2.45, 2.75) is 0 Å². The highest BCUT2D eigenvalue weighted by Gasteiger charge is 2.26. The number of benzene rings is 2. The molecule has 0 spiro atoms. The van der Waals surface area contributed by atoms with E-state index in [1.54, 1.807) is 24.3 Å². The predicted molar refractivity (Wildman–Crippen MR) is 120 cm³/mol. The largest absolute Gasteiger partial charge is 0.492 e. The molecular weight excluding hydrogens is 462 g/mol. The number of thiophene rings is 1. The molecule has 0 saturated carbocycles. The molecule has 3 heterocycles. The molecule has 0 fully saturated rings. The highest BCUT2D eigenvalue weighted by Crippen LogP contribution is 2.36. The van der Waals surface area contributed by atoms with Gasteiger partial charge in [-0.25, -0.2) is 4.99 Å². The number of hydrogen-bond acceptors (Lipinski definition) is 6. The summed E-state index contributed by atoms with van der Waals surface area (Å²) >= 11 is 14.0. The van der Waals surface area contributed by atoms with Gasteiger partial charge < -0.3 is 5.11 Å². The van der Waals surface area contributed by atoms with Crippen molar-refractivity contribution in [1.82, 2.24) is 4.68 Å². The lowest BCUT2D eigenvalue weighted by molar-refractivity contribution is -0.112. The van der Waals surface area contributed by atoms with Gasteiger partial charge >= 0.3 is 0 Å². The summed E-state index contributed by atoms with van der Waals surface area (Å²) in [5, 5.41) is 13.0. The maximum Gasteiger partial charge on any atom is 0.281 e. The number of carbonyl (C=O) groups excluding carboxylic acids is 2. The normalized spacial score (nSPS) is 12.8. The summed E-state index contributed by atoms with van der Waals surface area (Å²) in [5.74, 6) is -1.30. The van der Waals surface area contributed by atoms with Crippen LogP contribution >= 0.6 is 46.5 Å². The monoisotopic (exact) mass is 471 g/mol. The van der Waals surface area contributed by atoms with Gasteiger partial charge in [-0.2, -0.15) is 4.68 Å². The second-order valence-corrected chi connectivity index (χ2v) is 9.42. The van der Waals surface area contributed by atoms with Gasteiger partial charge in [-0.15, -0.1) is 11.3 Å². The van der Waals surface area contributed by atoms with E-state index < -0.39 is 11.8 Å². The number of carbonyl (C=O) groups is 2. The van der Waals surface area contributed by atoms with Gasteiger partial charge in [0.1, 0.15) is 9.75 Å². The van der Waals surface area contributed by atoms with Crippen LogP contribution in [0, 0.1) is 3.95 Å². The van der Waals surface area contributed by atoms with Gasteiger partial charge in [0.15, 0.2) is 3.95 Å². The van der Waals surface area contributed by atoms with Crippen molar-refractivity contribution in [2.75, 3.05) is 5.43 Å². The van der Waals surface area contributed by atoms with E-state index in [9.17, 15) is 14.7 Å². The Morgan fingerprint density at radius 3 is 2.67 bits per heavy atom. The minimum Gasteiger partial charge on any atom is -0.492 e. The van der Waals surface area contributed by atoms with Crippen LogP contribution in [0.3, 0.4) is 0 Å². The fourth-order valence-corrected chi connectivity index (χ4v) is 5.89. The van der Waals surface area contributed by atoms with Crippen LogP contribution in [0.15, 0.2) is 53.5 Å². The fourth-order valence-electron chi connectivity index (χ4n) is 3.22. The Balaban J connectivity index is 1.58. The van der Waals surface area contributed by atoms with Crippen molar-refractivity contribution in [3.05, 3.63) is 77.8 Å². The molecule has 2 aromatic heterocycles. The van der Waals surface area contributed by atoms with E-state index >= 15 is 0 Å². The number of para-hydroxylation sites is 1. The van der Waals surface area contributed by atoms with Crippen LogP contribution in [-0.4, -0.2) is 21.6 Å². The first kappa shape index (κ1) is 19.1. The zero-order chi connectivity index (χ0) is 21.0. The van der Waals surface area contributed by atoms with Crippen LogP contribution in [0.4, 0.5) is 0 Å². The van der Waals surface area contributed by atoms with Crippen molar-refractivity contribution >= 4 is 74.0 Å². The van der Waals surface area contributed by atoms with Gasteiger partial charge in [-0.1, -0.05) is 59.3 Å². The Labute approximate surface area is 187 Å². The fraction of sp³-hybridized carbons (Fsp3) is 0. The van der Waals surface area contributed by atoms with Crippen LogP contribution in [-0.2, 0) is 4.79 Å². The Kier molecular flexibility index (Phi) is 4.55. The second-order valence-electron chi connectivity index (χ2n) is 6.35. The van der Waals surface area contributed by atoms with Crippen molar-refractivity contribution in [3.63, 3.8) is 0 Å². The van der Waals surface area contributed by atoms with Gasteiger partial charge in [0.05, 0.1) is 16.0 Å². The standard InChI is InChI=1S/C20H10ClN3O3S3/c21-14-10-6-2-4-8-12(10)29-16(14)18(26)23-24-19(27)15(30-20(24)28)13-9-5-1-3-7-11(9)22-17(13)25/h1-8,27H,(H,23,26). The molecule has 2 amide bonds. The molecule has 10 heteroatoms. The Bertz CT molecular complexity index is 1570. The number of fused-ring (bicyclic) bond motifs is 2. The molecule has 0 saturated heterocycles. The van der Waals surface area contributed by atoms with E-state index in [-0.39, 0.29) is 20.3 Å². The summed E-state index contributed by atoms with van der Waals surface area (Å²) < 4.78 is 2.13. The number of rotatable bonds is 3. The summed E-state index contributed by atoms with van der Waals surface area (Å²) in [6.07, 6.45) is 0. The van der Waals surface area contributed by atoms with Crippen molar-refractivity contribution in [1.29, 1.82) is 0 Å². The summed E-state index contributed by atoms with van der Waals surface area (Å²) in [5.41, 5.74) is 2.84. The number of halogens is 1. The van der Waals surface area contributed by atoms with Crippen molar-refractivity contribution in [3.8, 4) is 5.88 Å². The average Bonchev–Trinajstić information content (AvgIpc) is 3.34. The van der Waals surface area contributed by atoms with Crippen molar-refractivity contribution in [2.24, 2.45) is 4.99 Å². The smallest absolute Gasteiger partial charge is 0.281 e. The Morgan fingerprint density at radius 1 is 1.13 bits per heavy atom. The molecule has 0 unspecified atom stereocenters. The third kappa shape index (κ3) is 2.90. The molecule has 0 radical (unpaired) electrons. The summed E-state index contributed by atoms with van der Waals surface area (Å²) in [4.78, 5) is 29.9. The molecule has 2 N–H and O–H groups in total. The van der Waals surface area contributed by atoms with Crippen LogP contribution < -0.4 is 16.0 Å². The average molecular weight is 472 g/mol. The Morgan fingerprint density at radius 2 is 1.87 bits per heavy atom. The van der Waals surface area contributed by atoms with E-state index in [0.29, 0.717) is 20.5 Å². The van der Waals surface area contributed by atoms with E-state index in [0.717, 1.165) is 26.1 Å². The number of amides is 2. The van der Waals surface area contributed by atoms with E-state index in [1.807, 2.05) is 24.3 Å². The maximum absolute atomic E-state index is 12.9. The minimum atomic E-state index is -0.509. The van der Waals surface area contributed by atoms with E-state index in [1.165, 1.54) is 11.3 Å². The lowest BCUT2D eigenvalue weighted by Gasteiger charge is -2.07. The van der Waals surface area contributed by atoms with Crippen LogP contribution in [0.25, 0.3) is 15.7 Å². The lowest BCUT2D eigenvalue weighted by Crippen LogP contribution is -2.23. The Hall–Kier alpha value is -2.85. The molecule has 5 rings (SSSR count). The van der Waals surface area contributed by atoms with Crippen LogP contribution in [0.5, 0.6) is 5.88 Å². The van der Waals surface area contributed by atoms with Crippen molar-refractivity contribution < 1.29 is 14.7 Å². The molecule has 1 aliphatic heterocycles. The second kappa shape index (κ2) is 7.13. The molecule has 0 aliphatic carbocycles. The highest BCUT2D eigenvalue weighted by molar-refractivity contribution is 7.73. The molecule has 4 aromatic rings. The molecule has 0 atom stereocenters. The van der Waals surface area contributed by atoms with Crippen LogP contribution in [0.1, 0.15) is 14.5 Å². The number of hydrogen-bond donors (Lipinski definition) is 2. The van der Waals surface area contributed by atoms with Gasteiger partial charge in [-0.3, -0.25) is 15.0 Å². The predicted octanol–water partition coefficient (Wildman–Crippen LogP) is 3.60. The number of nitrogens with one attached hydrogen (secondary N) is 1. The first-order valence-corrected chi connectivity index (χ1v) is 11.0. The van der Waals surface area contributed by atoms with Gasteiger partial charge in [-0.05, 0) is 24.4 Å². The molecule has 30 heavy (non-hydrogen) atoms. The number of aromatic nitrogens is 1. The highest BCUT2D eigenvalue weighted by atomic mass is 35.5. The lowest BCUT2D eigenvalue weighted by atomic mass is 10.1. The molecular formula is C20H10ClN3O3S3. The summed E-state index contributed by atoms with van der Waals surface area (Å²) in [7, 11) is 0. The maximum atomic E-state index is 12.9. The number of nitrogens with zero attached hydrogens (tertiary/aromatic N) is 2. The topological polar surface area (TPSA) is 83.7 Å². The van der Waals surface area contributed by atoms with Gasteiger partial charge in [0, 0.05) is 15.3 Å². The van der Waals surface area contributed by atoms with Gasteiger partial charge in [0.2, 0.25) is 5.88 Å². The van der Waals surface area contributed by atoms with E-state index in [2.05, 4.69) is 10.4 Å². The third-order valence-corrected chi connectivity index (χ3v) is 7.63. The quantitative estimate of drug-likeness (QED) is 0.447. The first-order chi connectivity index (χ1) is 14.5.